The Hall–Kier alpha value is -4.45. The lowest BCUT2D eigenvalue weighted by atomic mass is 9.76. The number of aliphatic carboxylic acids is 2. The van der Waals surface area contributed by atoms with Crippen LogP contribution in [0.4, 0.5) is 8.78 Å². The van der Waals surface area contributed by atoms with Crippen LogP contribution in [0.15, 0.2) is 65.5 Å². The quantitative estimate of drug-likeness (QED) is 0.305. The number of carbonyl (C=O) groups excluding carboxylic acids is 1. The number of hydrogen-bond donors (Lipinski definition) is 2. The molecular weight excluding hydrogens is 550 g/mol. The van der Waals surface area contributed by atoms with E-state index < -0.39 is 11.9 Å². The molecule has 0 amide bonds. The van der Waals surface area contributed by atoms with E-state index in [-0.39, 0.29) is 34.9 Å². The molecule has 12 heteroatoms. The fourth-order valence-corrected chi connectivity index (χ4v) is 5.39. The van der Waals surface area contributed by atoms with Gasteiger partial charge < -0.3 is 15.1 Å². The molecular formula is C30H32F2N4O6. The van der Waals surface area contributed by atoms with Crippen molar-refractivity contribution in [2.24, 2.45) is 5.92 Å². The summed E-state index contributed by atoms with van der Waals surface area (Å²) in [5.41, 5.74) is 1.34. The first-order valence-electron chi connectivity index (χ1n) is 13.7. The number of aryl methyl sites for hydroxylation is 1. The lowest BCUT2D eigenvalue weighted by Crippen LogP contribution is -2.43. The summed E-state index contributed by atoms with van der Waals surface area (Å²) in [5, 5.41) is 20.2. The molecule has 2 aliphatic heterocycles. The van der Waals surface area contributed by atoms with Crippen LogP contribution in [0.2, 0.25) is 0 Å². The Morgan fingerprint density at radius 2 is 1.50 bits per heavy atom. The molecule has 0 bridgehead atoms. The van der Waals surface area contributed by atoms with Gasteiger partial charge in [-0.3, -0.25) is 9.36 Å². The van der Waals surface area contributed by atoms with E-state index in [1.807, 2.05) is 0 Å². The average molecular weight is 583 g/mol. The summed E-state index contributed by atoms with van der Waals surface area (Å²) >= 11 is 0. The minimum atomic E-state index is -1.26. The van der Waals surface area contributed by atoms with Gasteiger partial charge in [-0.25, -0.2) is 27.8 Å². The number of nitrogens with zero attached hydrogens (tertiary/aromatic N) is 4. The molecule has 2 aliphatic rings. The average Bonchev–Trinajstić information content (AvgIpc) is 3.31. The molecule has 1 saturated heterocycles. The van der Waals surface area contributed by atoms with Gasteiger partial charge in [0.25, 0.3) is 0 Å². The Balaban J connectivity index is 0.000000446. The fourth-order valence-electron chi connectivity index (χ4n) is 5.39. The van der Waals surface area contributed by atoms with Crippen LogP contribution in [0.1, 0.15) is 46.9 Å². The van der Waals surface area contributed by atoms with Crippen LogP contribution in [0.5, 0.6) is 0 Å². The maximum Gasteiger partial charge on any atom is 0.345 e. The lowest BCUT2D eigenvalue weighted by Gasteiger charge is -2.38. The molecule has 0 aliphatic carbocycles. The molecule has 1 aromatic heterocycles. The lowest BCUT2D eigenvalue weighted by molar-refractivity contribution is -0.134. The number of ketones is 1. The molecule has 3 heterocycles. The summed E-state index contributed by atoms with van der Waals surface area (Å²) in [4.78, 5) is 47.3. The van der Waals surface area contributed by atoms with Crippen LogP contribution in [0.25, 0.3) is 0 Å². The van der Waals surface area contributed by atoms with E-state index >= 15 is 0 Å². The predicted molar refractivity (Wildman–Crippen MR) is 148 cm³/mol. The molecule has 0 radical (unpaired) electrons. The van der Waals surface area contributed by atoms with Gasteiger partial charge in [0, 0.05) is 55.6 Å². The van der Waals surface area contributed by atoms with Gasteiger partial charge in [-0.15, -0.1) is 0 Å². The predicted octanol–water partition coefficient (Wildman–Crippen LogP) is 3.36. The number of carboxylic acids is 2. The van der Waals surface area contributed by atoms with Crippen molar-refractivity contribution in [1.29, 1.82) is 0 Å². The Kier molecular flexibility index (Phi) is 10.1. The summed E-state index contributed by atoms with van der Waals surface area (Å²) in [6.07, 6.45) is 4.65. The van der Waals surface area contributed by atoms with Crippen molar-refractivity contribution in [3.8, 4) is 0 Å². The molecule has 222 valence electrons. The number of carboxylic acid groups (broad SMARTS) is 2. The monoisotopic (exact) mass is 582 g/mol. The number of halogens is 2. The number of likely N-dealkylation sites (tertiary alicyclic amines) is 1. The number of benzene rings is 2. The van der Waals surface area contributed by atoms with Crippen LogP contribution >= 0.6 is 0 Å². The molecule has 5 rings (SSSR count). The molecule has 42 heavy (non-hydrogen) atoms. The summed E-state index contributed by atoms with van der Waals surface area (Å²) in [5.74, 6) is -2.77. The molecule has 1 fully saturated rings. The van der Waals surface area contributed by atoms with Crippen LogP contribution in [-0.4, -0.2) is 66.8 Å². The summed E-state index contributed by atoms with van der Waals surface area (Å²) in [6.45, 7) is 3.19. The van der Waals surface area contributed by atoms with E-state index in [1.54, 1.807) is 21.4 Å². The molecule has 3 aromatic rings. The molecule has 10 nitrogen and oxygen atoms in total. The number of Topliss-reactive ketones (excluding diaryl/α,β-unsaturated/α-hetero) is 1. The van der Waals surface area contributed by atoms with E-state index in [0.717, 1.165) is 37.2 Å². The van der Waals surface area contributed by atoms with Crippen LogP contribution in [-0.2, 0) is 29.1 Å². The minimum Gasteiger partial charge on any atom is -0.478 e. The third-order valence-corrected chi connectivity index (χ3v) is 7.49. The molecule has 2 aromatic carbocycles. The first-order chi connectivity index (χ1) is 20.1. The first-order valence-corrected chi connectivity index (χ1v) is 13.7. The highest BCUT2D eigenvalue weighted by molar-refractivity contribution is 5.98. The zero-order valence-corrected chi connectivity index (χ0v) is 22.9. The third-order valence-electron chi connectivity index (χ3n) is 7.49. The van der Waals surface area contributed by atoms with Crippen molar-refractivity contribution >= 4 is 17.7 Å². The normalized spacial score (nSPS) is 18.6. The van der Waals surface area contributed by atoms with E-state index in [4.69, 9.17) is 10.2 Å². The Bertz CT molecular complexity index is 1480. The highest BCUT2D eigenvalue weighted by Crippen LogP contribution is 2.35. The minimum absolute atomic E-state index is 0.0213. The van der Waals surface area contributed by atoms with Gasteiger partial charge in [-0.1, -0.05) is 12.1 Å². The third kappa shape index (κ3) is 7.84. The Morgan fingerprint density at radius 1 is 0.881 bits per heavy atom. The van der Waals surface area contributed by atoms with Crippen LogP contribution < -0.4 is 5.69 Å². The number of fused-ring (bicyclic) bond motifs is 1. The van der Waals surface area contributed by atoms with Crippen LogP contribution in [0, 0.1) is 17.6 Å². The van der Waals surface area contributed by atoms with Crippen molar-refractivity contribution in [2.75, 3.05) is 19.6 Å². The topological polar surface area (TPSA) is 135 Å². The van der Waals surface area contributed by atoms with Crippen molar-refractivity contribution in [1.82, 2.24) is 19.2 Å². The maximum atomic E-state index is 13.6. The van der Waals surface area contributed by atoms with Crippen molar-refractivity contribution in [2.45, 2.75) is 44.7 Å². The summed E-state index contributed by atoms with van der Waals surface area (Å²) in [6, 6.07) is 12.0. The second-order valence-corrected chi connectivity index (χ2v) is 10.3. The Labute approximate surface area is 240 Å². The van der Waals surface area contributed by atoms with E-state index in [1.165, 1.54) is 36.4 Å². The van der Waals surface area contributed by atoms with Crippen molar-refractivity contribution < 1.29 is 33.4 Å². The van der Waals surface area contributed by atoms with Crippen molar-refractivity contribution in [3.05, 3.63) is 99.8 Å². The van der Waals surface area contributed by atoms with E-state index in [0.29, 0.717) is 50.3 Å². The van der Waals surface area contributed by atoms with Gasteiger partial charge in [-0.05, 0) is 67.8 Å². The summed E-state index contributed by atoms with van der Waals surface area (Å²) < 4.78 is 30.3. The van der Waals surface area contributed by atoms with Crippen LogP contribution in [0.3, 0.4) is 0 Å². The molecule has 0 spiro atoms. The number of carbonyl (C=O) groups is 3. The van der Waals surface area contributed by atoms with Crippen molar-refractivity contribution in [3.63, 3.8) is 0 Å². The largest absolute Gasteiger partial charge is 0.478 e. The van der Waals surface area contributed by atoms with Gasteiger partial charge in [0.1, 0.15) is 17.5 Å². The summed E-state index contributed by atoms with van der Waals surface area (Å²) in [7, 11) is 0. The molecule has 0 unspecified atom stereocenters. The molecule has 2 atom stereocenters. The SMILES string of the molecule is O=C(O)/C=C\C(=O)O.O=C(c1ccc(F)cc1)[C@@H]1CCN(CCn2nc3n(c2=O)CCCC3)C[C@H]1c1ccc(F)cc1. The zero-order chi connectivity index (χ0) is 30.2. The molecule has 0 saturated carbocycles. The number of piperidine rings is 1. The molecule has 2 N–H and O–H groups in total. The number of rotatable bonds is 8. The van der Waals surface area contributed by atoms with E-state index in [2.05, 4.69) is 10.00 Å². The van der Waals surface area contributed by atoms with Gasteiger partial charge >= 0.3 is 17.6 Å². The number of hydrogen-bond acceptors (Lipinski definition) is 6. The Morgan fingerprint density at radius 3 is 2.10 bits per heavy atom. The first kappa shape index (κ1) is 30.5. The highest BCUT2D eigenvalue weighted by Gasteiger charge is 2.35. The smallest absolute Gasteiger partial charge is 0.345 e. The van der Waals surface area contributed by atoms with Gasteiger partial charge in [-0.2, -0.15) is 5.10 Å². The maximum absolute atomic E-state index is 13.6. The second-order valence-electron chi connectivity index (χ2n) is 10.3. The van der Waals surface area contributed by atoms with Gasteiger partial charge in [0.05, 0.1) is 6.54 Å². The zero-order valence-electron chi connectivity index (χ0n) is 22.9. The van der Waals surface area contributed by atoms with Gasteiger partial charge in [0.2, 0.25) is 0 Å². The standard InChI is InChI=1S/C26H28F2N4O2.C4H4O4/c27-20-8-4-18(5-9-20)23-17-30(14-12-22(23)25(33)19-6-10-21(28)11-7-19)15-16-32-26(34)31-13-2-1-3-24(31)29-32;5-3(6)1-2-4(7)8/h4-11,22-23H,1-3,12-17H2;1-2H,(H,5,6)(H,7,8)/b;2-1-/t22-,23+;/m1./s1. The number of aromatic nitrogens is 3. The highest BCUT2D eigenvalue weighted by atomic mass is 19.1. The van der Waals surface area contributed by atoms with Gasteiger partial charge in [0.15, 0.2) is 5.78 Å². The fraction of sp³-hybridized carbons (Fsp3) is 0.367. The second kappa shape index (κ2) is 13.9. The van der Waals surface area contributed by atoms with E-state index in [9.17, 15) is 28.0 Å².